The van der Waals surface area contributed by atoms with Gasteiger partial charge in [-0.25, -0.2) is 4.79 Å². The molecule has 8 heteroatoms. The average Bonchev–Trinajstić information content (AvgIpc) is 2.34. The number of nitrogen functional groups attached to an aromatic ring is 1. The van der Waals surface area contributed by atoms with E-state index in [1.54, 1.807) is 12.1 Å². The average molecular weight is 272 g/mol. The number of benzene rings is 1. The third-order valence-electron chi connectivity index (χ3n) is 2.09. The van der Waals surface area contributed by atoms with Crippen molar-refractivity contribution in [2.24, 2.45) is 11.6 Å². The highest BCUT2D eigenvalue weighted by atomic mass is 35.5. The van der Waals surface area contributed by atoms with Crippen molar-refractivity contribution in [3.8, 4) is 0 Å². The van der Waals surface area contributed by atoms with Gasteiger partial charge in [-0.15, -0.1) is 0 Å². The van der Waals surface area contributed by atoms with Crippen molar-refractivity contribution < 1.29 is 9.59 Å². The number of carbonyl (C=O) groups excluding carboxylic acids is 2. The molecule has 0 bridgehead atoms. The molecule has 7 N–H and O–H groups in total. The van der Waals surface area contributed by atoms with Gasteiger partial charge in [-0.3, -0.25) is 10.6 Å². The molecule has 0 saturated carbocycles. The molecule has 0 saturated heterocycles. The van der Waals surface area contributed by atoms with E-state index in [1.165, 1.54) is 6.07 Å². The fourth-order valence-corrected chi connectivity index (χ4v) is 1.46. The Labute approximate surface area is 109 Å². The van der Waals surface area contributed by atoms with Crippen LogP contribution in [0.3, 0.4) is 0 Å². The van der Waals surface area contributed by atoms with Crippen molar-refractivity contribution in [2.75, 3.05) is 18.5 Å². The molecule has 0 spiro atoms. The van der Waals surface area contributed by atoms with E-state index in [0.29, 0.717) is 16.3 Å². The highest BCUT2D eigenvalue weighted by Gasteiger charge is 2.10. The Morgan fingerprint density at radius 3 is 2.50 bits per heavy atom. The lowest BCUT2D eigenvalue weighted by Crippen LogP contribution is -2.37. The van der Waals surface area contributed by atoms with E-state index in [-0.39, 0.29) is 19.0 Å². The summed E-state index contributed by atoms with van der Waals surface area (Å²) in [4.78, 5) is 22.2. The number of nitrogens with one attached hydrogen (secondary N) is 3. The van der Waals surface area contributed by atoms with Gasteiger partial charge >= 0.3 is 6.03 Å². The maximum absolute atomic E-state index is 11.8. The molecule has 3 amide bonds. The molecule has 0 unspecified atom stereocenters. The Hall–Kier alpha value is -1.99. The van der Waals surface area contributed by atoms with Gasteiger partial charge < -0.3 is 21.8 Å². The van der Waals surface area contributed by atoms with Gasteiger partial charge in [0, 0.05) is 18.1 Å². The molecule has 7 nitrogen and oxygen atoms in total. The van der Waals surface area contributed by atoms with Crippen molar-refractivity contribution in [1.82, 2.24) is 10.6 Å². The summed E-state index contributed by atoms with van der Waals surface area (Å²) < 4.78 is 0. The van der Waals surface area contributed by atoms with Crippen LogP contribution in [0.2, 0.25) is 5.02 Å². The lowest BCUT2D eigenvalue weighted by molar-refractivity contribution is 0.0954. The second-order valence-electron chi connectivity index (χ2n) is 3.38. The van der Waals surface area contributed by atoms with Crippen molar-refractivity contribution in [2.45, 2.75) is 0 Å². The van der Waals surface area contributed by atoms with E-state index in [0.717, 1.165) is 0 Å². The monoisotopic (exact) mass is 271 g/mol. The maximum atomic E-state index is 11.8. The number of carbonyl (C=O) groups is 2. The highest BCUT2D eigenvalue weighted by molar-refractivity contribution is 6.31. The van der Waals surface area contributed by atoms with Gasteiger partial charge in [-0.2, -0.15) is 0 Å². The lowest BCUT2D eigenvalue weighted by Gasteiger charge is -2.10. The van der Waals surface area contributed by atoms with Gasteiger partial charge in [0.15, 0.2) is 0 Å². The molecule has 18 heavy (non-hydrogen) atoms. The fourth-order valence-electron chi connectivity index (χ4n) is 1.29. The minimum Gasteiger partial charge on any atom is -0.352 e. The molecule has 0 fully saturated rings. The number of hydrazine groups is 1. The Morgan fingerprint density at radius 1 is 1.22 bits per heavy atom. The van der Waals surface area contributed by atoms with E-state index in [2.05, 4.69) is 16.1 Å². The minimum absolute atomic E-state index is 0.243. The second kappa shape index (κ2) is 6.67. The topological polar surface area (TPSA) is 122 Å². The zero-order valence-corrected chi connectivity index (χ0v) is 10.3. The number of primary amides is 1. The first kappa shape index (κ1) is 14.1. The molecule has 0 aliphatic heterocycles. The van der Waals surface area contributed by atoms with Crippen LogP contribution in [0.4, 0.5) is 10.5 Å². The Morgan fingerprint density at radius 2 is 1.89 bits per heavy atom. The SMILES string of the molecule is NNc1ccc(Cl)cc1C(=O)NCCNC(N)=O. The summed E-state index contributed by atoms with van der Waals surface area (Å²) in [5, 5.41) is 5.37. The molecule has 0 atom stereocenters. The highest BCUT2D eigenvalue weighted by Crippen LogP contribution is 2.19. The Balaban J connectivity index is 2.60. The Kier molecular flexibility index (Phi) is 5.22. The smallest absolute Gasteiger partial charge is 0.312 e. The van der Waals surface area contributed by atoms with Gasteiger partial charge in [0.25, 0.3) is 5.91 Å². The van der Waals surface area contributed by atoms with Crippen LogP contribution < -0.4 is 27.6 Å². The predicted molar refractivity (Wildman–Crippen MR) is 69.2 cm³/mol. The first-order valence-corrected chi connectivity index (χ1v) is 5.50. The number of rotatable bonds is 5. The minimum atomic E-state index is -0.642. The first-order chi connectivity index (χ1) is 8.54. The first-order valence-electron chi connectivity index (χ1n) is 5.12. The zero-order valence-electron chi connectivity index (χ0n) is 9.50. The molecule has 0 radical (unpaired) electrons. The van der Waals surface area contributed by atoms with Crippen LogP contribution in [0.15, 0.2) is 18.2 Å². The van der Waals surface area contributed by atoms with Gasteiger partial charge in [0.05, 0.1) is 11.3 Å². The molecular formula is C10H14ClN5O2. The van der Waals surface area contributed by atoms with Crippen molar-refractivity contribution in [3.63, 3.8) is 0 Å². The summed E-state index contributed by atoms with van der Waals surface area (Å²) in [5.74, 6) is 4.94. The van der Waals surface area contributed by atoms with Crippen molar-refractivity contribution >= 4 is 29.2 Å². The predicted octanol–water partition coefficient (Wildman–Crippen LogP) is 0.0237. The van der Waals surface area contributed by atoms with Gasteiger partial charge in [-0.1, -0.05) is 11.6 Å². The van der Waals surface area contributed by atoms with Crippen LogP contribution in [0.5, 0.6) is 0 Å². The van der Waals surface area contributed by atoms with Gasteiger partial charge in [0.1, 0.15) is 0 Å². The van der Waals surface area contributed by atoms with E-state index in [1.807, 2.05) is 0 Å². The normalized spacial score (nSPS) is 9.67. The summed E-state index contributed by atoms with van der Waals surface area (Å²) in [6.07, 6.45) is 0. The van der Waals surface area contributed by atoms with Crippen LogP contribution >= 0.6 is 11.6 Å². The van der Waals surface area contributed by atoms with E-state index in [4.69, 9.17) is 23.2 Å². The largest absolute Gasteiger partial charge is 0.352 e. The number of anilines is 1. The number of hydrogen-bond acceptors (Lipinski definition) is 4. The molecule has 0 heterocycles. The molecule has 0 aliphatic rings. The Bertz CT molecular complexity index is 452. The quantitative estimate of drug-likeness (QED) is 0.294. The third-order valence-corrected chi connectivity index (χ3v) is 2.33. The third kappa shape index (κ3) is 4.11. The zero-order chi connectivity index (χ0) is 13.5. The van der Waals surface area contributed by atoms with E-state index < -0.39 is 6.03 Å². The number of nitrogens with two attached hydrogens (primary N) is 2. The molecule has 98 valence electrons. The molecule has 0 aromatic heterocycles. The van der Waals surface area contributed by atoms with Crippen molar-refractivity contribution in [1.29, 1.82) is 0 Å². The molecule has 0 aliphatic carbocycles. The number of halogens is 1. The van der Waals surface area contributed by atoms with Crippen LogP contribution in [-0.4, -0.2) is 25.0 Å². The molecule has 1 rings (SSSR count). The molecule has 1 aromatic rings. The van der Waals surface area contributed by atoms with Crippen LogP contribution in [0.25, 0.3) is 0 Å². The van der Waals surface area contributed by atoms with Crippen LogP contribution in [0, 0.1) is 0 Å². The van der Waals surface area contributed by atoms with Gasteiger partial charge in [0.2, 0.25) is 0 Å². The summed E-state index contributed by atoms with van der Waals surface area (Å²) in [5.41, 5.74) is 8.06. The second-order valence-corrected chi connectivity index (χ2v) is 3.82. The van der Waals surface area contributed by atoms with Gasteiger partial charge in [-0.05, 0) is 18.2 Å². The number of amides is 3. The molecule has 1 aromatic carbocycles. The van der Waals surface area contributed by atoms with E-state index in [9.17, 15) is 9.59 Å². The fraction of sp³-hybridized carbons (Fsp3) is 0.200. The van der Waals surface area contributed by atoms with Crippen molar-refractivity contribution in [3.05, 3.63) is 28.8 Å². The van der Waals surface area contributed by atoms with E-state index >= 15 is 0 Å². The summed E-state index contributed by atoms with van der Waals surface area (Å²) in [6.45, 7) is 0.491. The van der Waals surface area contributed by atoms with Crippen LogP contribution in [-0.2, 0) is 0 Å². The maximum Gasteiger partial charge on any atom is 0.312 e. The summed E-state index contributed by atoms with van der Waals surface area (Å²) >= 11 is 5.80. The standard InChI is InChI=1S/C10H14ClN5O2/c11-6-1-2-8(16-13)7(5-6)9(17)14-3-4-15-10(12)18/h1-2,5,16H,3-4,13H2,(H,14,17)(H3,12,15,18). The number of hydrogen-bond donors (Lipinski definition) is 5. The van der Waals surface area contributed by atoms with Crippen LogP contribution in [0.1, 0.15) is 10.4 Å². The number of urea groups is 1. The molecular weight excluding hydrogens is 258 g/mol. The summed E-state index contributed by atoms with van der Waals surface area (Å²) in [7, 11) is 0. The summed E-state index contributed by atoms with van der Waals surface area (Å²) in [6, 6.07) is 4.06. The lowest BCUT2D eigenvalue weighted by atomic mass is 10.1.